The van der Waals surface area contributed by atoms with E-state index in [9.17, 15) is 9.59 Å². The number of nitrogens with zero attached hydrogens (tertiary/aromatic N) is 2. The molecule has 0 bridgehead atoms. The van der Waals surface area contributed by atoms with E-state index >= 15 is 0 Å². The van der Waals surface area contributed by atoms with Crippen LogP contribution in [0.1, 0.15) is 39.2 Å². The molecule has 0 spiro atoms. The fourth-order valence-corrected chi connectivity index (χ4v) is 2.94. The van der Waals surface area contributed by atoms with Gasteiger partial charge in [-0.25, -0.2) is 0 Å². The topological polar surface area (TPSA) is 52.7 Å². The highest BCUT2D eigenvalue weighted by Gasteiger charge is 2.26. The number of hydrogen-bond acceptors (Lipinski definition) is 3. The van der Waals surface area contributed by atoms with Crippen molar-refractivity contribution < 1.29 is 9.59 Å². The first-order chi connectivity index (χ1) is 10.9. The van der Waals surface area contributed by atoms with E-state index in [0.717, 1.165) is 24.3 Å². The van der Waals surface area contributed by atoms with E-state index in [-0.39, 0.29) is 17.9 Å². The molecule has 2 rings (SSSR count). The molecule has 1 atom stereocenters. The quantitative estimate of drug-likeness (QED) is 0.927. The third kappa shape index (κ3) is 4.32. The number of carbonyl (C=O) groups is 2. The maximum Gasteiger partial charge on any atom is 0.241 e. The van der Waals surface area contributed by atoms with Gasteiger partial charge in [-0.3, -0.25) is 14.5 Å². The number of amides is 2. The Hall–Kier alpha value is -1.88. The lowest BCUT2D eigenvalue weighted by atomic mass is 10.0. The van der Waals surface area contributed by atoms with Crippen molar-refractivity contribution >= 4 is 17.5 Å². The number of para-hydroxylation sites is 1. The molecule has 1 aliphatic heterocycles. The summed E-state index contributed by atoms with van der Waals surface area (Å²) < 4.78 is 0. The van der Waals surface area contributed by atoms with Crippen molar-refractivity contribution in [2.24, 2.45) is 0 Å². The Morgan fingerprint density at radius 3 is 2.22 bits per heavy atom. The maximum atomic E-state index is 12.6. The zero-order valence-electron chi connectivity index (χ0n) is 14.5. The number of benzene rings is 1. The first-order valence-corrected chi connectivity index (χ1v) is 8.29. The molecule has 2 amide bonds. The Balaban J connectivity index is 1.97. The van der Waals surface area contributed by atoms with E-state index < -0.39 is 0 Å². The second kappa shape index (κ2) is 7.59. The third-order valence-corrected chi connectivity index (χ3v) is 4.53. The third-order valence-electron chi connectivity index (χ3n) is 4.53. The Labute approximate surface area is 138 Å². The summed E-state index contributed by atoms with van der Waals surface area (Å²) in [6.07, 6.45) is 0. The van der Waals surface area contributed by atoms with Crippen LogP contribution in [0.3, 0.4) is 0 Å². The molecule has 23 heavy (non-hydrogen) atoms. The molecule has 5 nitrogen and oxygen atoms in total. The van der Waals surface area contributed by atoms with Crippen LogP contribution in [0.4, 0.5) is 5.69 Å². The summed E-state index contributed by atoms with van der Waals surface area (Å²) in [4.78, 5) is 27.9. The van der Waals surface area contributed by atoms with Gasteiger partial charge in [0.2, 0.25) is 11.8 Å². The predicted molar refractivity (Wildman–Crippen MR) is 92.4 cm³/mol. The highest BCUT2D eigenvalue weighted by atomic mass is 16.2. The van der Waals surface area contributed by atoms with Gasteiger partial charge < -0.3 is 10.2 Å². The SMILES string of the molecule is CC(=O)N1CCN([C@H](C)C(=O)Nc2ccccc2C(C)C)CC1. The Morgan fingerprint density at radius 2 is 1.65 bits per heavy atom. The van der Waals surface area contributed by atoms with Crippen molar-refractivity contribution in [1.82, 2.24) is 9.80 Å². The average molecular weight is 317 g/mol. The highest BCUT2D eigenvalue weighted by Crippen LogP contribution is 2.24. The van der Waals surface area contributed by atoms with Crippen LogP contribution in [-0.4, -0.2) is 53.8 Å². The van der Waals surface area contributed by atoms with Gasteiger partial charge in [0.15, 0.2) is 0 Å². The highest BCUT2D eigenvalue weighted by molar-refractivity contribution is 5.95. The van der Waals surface area contributed by atoms with E-state index in [1.807, 2.05) is 30.0 Å². The summed E-state index contributed by atoms with van der Waals surface area (Å²) >= 11 is 0. The lowest BCUT2D eigenvalue weighted by Gasteiger charge is -2.37. The number of hydrogen-bond donors (Lipinski definition) is 1. The molecule has 1 N–H and O–H groups in total. The van der Waals surface area contributed by atoms with E-state index in [1.54, 1.807) is 6.92 Å². The second-order valence-electron chi connectivity index (χ2n) is 6.45. The van der Waals surface area contributed by atoms with Gasteiger partial charge in [0.05, 0.1) is 6.04 Å². The van der Waals surface area contributed by atoms with Gasteiger partial charge in [0, 0.05) is 38.8 Å². The first kappa shape index (κ1) is 17.5. The molecular formula is C18H27N3O2. The lowest BCUT2D eigenvalue weighted by Crippen LogP contribution is -2.53. The van der Waals surface area contributed by atoms with Crippen molar-refractivity contribution in [3.8, 4) is 0 Å². The van der Waals surface area contributed by atoms with E-state index in [0.29, 0.717) is 19.0 Å². The molecule has 126 valence electrons. The summed E-state index contributed by atoms with van der Waals surface area (Å²) in [5.74, 6) is 0.475. The van der Waals surface area contributed by atoms with Crippen LogP contribution in [0.15, 0.2) is 24.3 Å². The van der Waals surface area contributed by atoms with E-state index in [2.05, 4.69) is 30.1 Å². The molecule has 1 aromatic carbocycles. The number of carbonyl (C=O) groups excluding carboxylic acids is 2. The van der Waals surface area contributed by atoms with Crippen LogP contribution in [0.2, 0.25) is 0 Å². The van der Waals surface area contributed by atoms with Gasteiger partial charge in [-0.15, -0.1) is 0 Å². The Bertz CT molecular complexity index is 563. The minimum atomic E-state index is -0.204. The van der Waals surface area contributed by atoms with Crippen LogP contribution < -0.4 is 5.32 Å². The van der Waals surface area contributed by atoms with Gasteiger partial charge in [-0.05, 0) is 24.5 Å². The van der Waals surface area contributed by atoms with Crippen molar-refractivity contribution in [3.63, 3.8) is 0 Å². The summed E-state index contributed by atoms with van der Waals surface area (Å²) in [6, 6.07) is 7.74. The largest absolute Gasteiger partial charge is 0.340 e. The summed E-state index contributed by atoms with van der Waals surface area (Å²) in [5, 5.41) is 3.06. The van der Waals surface area contributed by atoms with Gasteiger partial charge in [0.25, 0.3) is 0 Å². The van der Waals surface area contributed by atoms with Gasteiger partial charge in [-0.2, -0.15) is 0 Å². The molecule has 1 aromatic rings. The van der Waals surface area contributed by atoms with Gasteiger partial charge in [0.1, 0.15) is 0 Å². The molecule has 5 heteroatoms. The summed E-state index contributed by atoms with van der Waals surface area (Å²) in [5.41, 5.74) is 2.04. The van der Waals surface area contributed by atoms with Crippen molar-refractivity contribution in [2.45, 2.75) is 39.7 Å². The zero-order chi connectivity index (χ0) is 17.0. The standard InChI is InChI=1S/C18H27N3O2/c1-13(2)16-7-5-6-8-17(16)19-18(23)14(3)20-9-11-21(12-10-20)15(4)22/h5-8,13-14H,9-12H2,1-4H3,(H,19,23)/t14-/m1/s1. The molecule has 1 aliphatic rings. The van der Waals surface area contributed by atoms with Crippen molar-refractivity contribution in [1.29, 1.82) is 0 Å². The molecule has 0 unspecified atom stereocenters. The van der Waals surface area contributed by atoms with E-state index in [1.165, 1.54) is 0 Å². The molecular weight excluding hydrogens is 290 g/mol. The minimum Gasteiger partial charge on any atom is -0.340 e. The van der Waals surface area contributed by atoms with Crippen molar-refractivity contribution in [3.05, 3.63) is 29.8 Å². The molecule has 0 radical (unpaired) electrons. The van der Waals surface area contributed by atoms with Crippen molar-refractivity contribution in [2.75, 3.05) is 31.5 Å². The molecule has 1 fully saturated rings. The first-order valence-electron chi connectivity index (χ1n) is 8.29. The normalized spacial score (nSPS) is 17.2. The van der Waals surface area contributed by atoms with Crippen LogP contribution in [0.5, 0.6) is 0 Å². The Morgan fingerprint density at radius 1 is 1.04 bits per heavy atom. The number of piperazine rings is 1. The molecule has 0 aliphatic carbocycles. The van der Waals surface area contributed by atoms with Gasteiger partial charge >= 0.3 is 0 Å². The maximum absolute atomic E-state index is 12.6. The number of nitrogens with one attached hydrogen (secondary N) is 1. The van der Waals surface area contributed by atoms with Crippen LogP contribution in [0.25, 0.3) is 0 Å². The second-order valence-corrected chi connectivity index (χ2v) is 6.45. The van der Waals surface area contributed by atoms with E-state index in [4.69, 9.17) is 0 Å². The average Bonchev–Trinajstić information content (AvgIpc) is 2.54. The molecule has 0 aromatic heterocycles. The van der Waals surface area contributed by atoms with Crippen LogP contribution in [-0.2, 0) is 9.59 Å². The minimum absolute atomic E-state index is 0.00868. The van der Waals surface area contributed by atoms with Gasteiger partial charge in [-0.1, -0.05) is 32.0 Å². The summed E-state index contributed by atoms with van der Waals surface area (Å²) in [6.45, 7) is 10.6. The number of rotatable bonds is 4. The lowest BCUT2D eigenvalue weighted by molar-refractivity contribution is -0.131. The number of anilines is 1. The van der Waals surface area contributed by atoms with Crippen LogP contribution >= 0.6 is 0 Å². The smallest absolute Gasteiger partial charge is 0.241 e. The molecule has 1 heterocycles. The monoisotopic (exact) mass is 317 g/mol. The summed E-state index contributed by atoms with van der Waals surface area (Å²) in [7, 11) is 0. The fraction of sp³-hybridized carbons (Fsp3) is 0.556. The van der Waals surface area contributed by atoms with Crippen LogP contribution in [0, 0.1) is 0 Å². The fourth-order valence-electron chi connectivity index (χ4n) is 2.94. The predicted octanol–water partition coefficient (Wildman–Crippen LogP) is 2.30. The molecule has 1 saturated heterocycles. The molecule has 0 saturated carbocycles. The zero-order valence-corrected chi connectivity index (χ0v) is 14.5. The Kier molecular flexibility index (Phi) is 5.77.